The third-order valence-electron chi connectivity index (χ3n) is 3.17. The van der Waals surface area contributed by atoms with E-state index in [1.54, 1.807) is 30.5 Å². The second-order valence-electron chi connectivity index (χ2n) is 5.01. The van der Waals surface area contributed by atoms with Crippen LogP contribution >= 0.6 is 23.4 Å². The Hall–Kier alpha value is -2.31. The van der Waals surface area contributed by atoms with Crippen molar-refractivity contribution in [3.63, 3.8) is 0 Å². The zero-order valence-corrected chi connectivity index (χ0v) is 14.4. The van der Waals surface area contributed by atoms with E-state index in [0.29, 0.717) is 27.1 Å². The molecule has 0 radical (unpaired) electrons. The van der Waals surface area contributed by atoms with Gasteiger partial charge in [0.05, 0.1) is 22.0 Å². The van der Waals surface area contributed by atoms with Crippen LogP contribution in [-0.2, 0) is 5.75 Å². The van der Waals surface area contributed by atoms with Crippen molar-refractivity contribution < 1.29 is 9.32 Å². The summed E-state index contributed by atoms with van der Waals surface area (Å²) < 4.78 is 5.05. The summed E-state index contributed by atoms with van der Waals surface area (Å²) in [5.41, 5.74) is 1.86. The predicted molar refractivity (Wildman–Crippen MR) is 94.4 cm³/mol. The van der Waals surface area contributed by atoms with Crippen LogP contribution in [0.4, 0.5) is 5.69 Å². The van der Waals surface area contributed by atoms with Crippen LogP contribution in [0.2, 0.25) is 5.02 Å². The molecule has 5 nitrogen and oxygen atoms in total. The number of carbonyl (C=O) groups is 1. The molecule has 0 saturated heterocycles. The van der Waals surface area contributed by atoms with E-state index in [2.05, 4.69) is 15.5 Å². The number of nitrogens with zero attached hydrogens (tertiary/aromatic N) is 2. The third kappa shape index (κ3) is 3.96. The molecule has 0 saturated carbocycles. The summed E-state index contributed by atoms with van der Waals surface area (Å²) in [4.78, 5) is 16.8. The number of aromatic nitrogens is 2. The van der Waals surface area contributed by atoms with Crippen LogP contribution in [0.25, 0.3) is 0 Å². The zero-order chi connectivity index (χ0) is 16.9. The smallest absolute Gasteiger partial charge is 0.258 e. The van der Waals surface area contributed by atoms with Gasteiger partial charge in [-0.3, -0.25) is 4.79 Å². The van der Waals surface area contributed by atoms with Gasteiger partial charge in [0.2, 0.25) is 0 Å². The number of hydrogen-bond donors (Lipinski definition) is 1. The molecule has 1 amide bonds. The largest absolute Gasteiger partial charge is 0.361 e. The number of amides is 1. The van der Waals surface area contributed by atoms with E-state index in [0.717, 1.165) is 11.5 Å². The SMILES string of the molecule is Cc1cc(CSc2ncccc2C(=O)Nc2ccccc2Cl)no1. The number of thioether (sulfide) groups is 1. The molecule has 0 unspecified atom stereocenters. The van der Waals surface area contributed by atoms with Crippen LogP contribution in [-0.4, -0.2) is 16.0 Å². The number of carbonyl (C=O) groups excluding carboxylic acids is 1. The molecule has 0 fully saturated rings. The van der Waals surface area contributed by atoms with Crippen LogP contribution in [0.15, 0.2) is 58.2 Å². The van der Waals surface area contributed by atoms with Gasteiger partial charge in [-0.05, 0) is 31.2 Å². The molecule has 7 heteroatoms. The summed E-state index contributed by atoms with van der Waals surface area (Å²) in [5, 5.41) is 7.87. The van der Waals surface area contributed by atoms with Crippen molar-refractivity contribution in [2.75, 3.05) is 5.32 Å². The fourth-order valence-corrected chi connectivity index (χ4v) is 3.11. The minimum atomic E-state index is -0.255. The van der Waals surface area contributed by atoms with E-state index in [1.165, 1.54) is 11.8 Å². The van der Waals surface area contributed by atoms with E-state index in [1.807, 2.05) is 25.1 Å². The molecule has 2 heterocycles. The lowest BCUT2D eigenvalue weighted by molar-refractivity contribution is 0.102. The summed E-state index contributed by atoms with van der Waals surface area (Å²) in [6, 6.07) is 12.4. The highest BCUT2D eigenvalue weighted by Crippen LogP contribution is 2.26. The second-order valence-corrected chi connectivity index (χ2v) is 6.38. The average molecular weight is 360 g/mol. The van der Waals surface area contributed by atoms with Crippen molar-refractivity contribution in [3.8, 4) is 0 Å². The van der Waals surface area contributed by atoms with Crippen molar-refractivity contribution in [3.05, 3.63) is 70.7 Å². The highest BCUT2D eigenvalue weighted by atomic mass is 35.5. The van der Waals surface area contributed by atoms with Crippen molar-refractivity contribution >= 4 is 35.0 Å². The van der Waals surface area contributed by atoms with Gasteiger partial charge in [-0.15, -0.1) is 0 Å². The monoisotopic (exact) mass is 359 g/mol. The minimum absolute atomic E-state index is 0.255. The van der Waals surface area contributed by atoms with Gasteiger partial charge in [-0.1, -0.05) is 40.7 Å². The van der Waals surface area contributed by atoms with Crippen molar-refractivity contribution in [1.29, 1.82) is 0 Å². The number of rotatable bonds is 5. The number of nitrogens with one attached hydrogen (secondary N) is 1. The van der Waals surface area contributed by atoms with E-state index < -0.39 is 0 Å². The first-order chi connectivity index (χ1) is 11.6. The molecule has 1 N–H and O–H groups in total. The highest BCUT2D eigenvalue weighted by molar-refractivity contribution is 7.98. The molecule has 1 aromatic carbocycles. The summed E-state index contributed by atoms with van der Waals surface area (Å²) in [6.45, 7) is 1.84. The number of hydrogen-bond acceptors (Lipinski definition) is 5. The number of halogens is 1. The lowest BCUT2D eigenvalue weighted by Gasteiger charge is -2.09. The number of para-hydroxylation sites is 1. The Morgan fingerprint density at radius 3 is 2.88 bits per heavy atom. The summed E-state index contributed by atoms with van der Waals surface area (Å²) >= 11 is 7.51. The highest BCUT2D eigenvalue weighted by Gasteiger charge is 2.15. The van der Waals surface area contributed by atoms with Crippen LogP contribution in [0.1, 0.15) is 21.8 Å². The summed E-state index contributed by atoms with van der Waals surface area (Å²) in [6.07, 6.45) is 1.66. The van der Waals surface area contributed by atoms with Gasteiger partial charge >= 0.3 is 0 Å². The lowest BCUT2D eigenvalue weighted by Crippen LogP contribution is -2.13. The summed E-state index contributed by atoms with van der Waals surface area (Å²) in [5.74, 6) is 1.07. The van der Waals surface area contributed by atoms with Gasteiger partial charge in [0.15, 0.2) is 0 Å². The van der Waals surface area contributed by atoms with Gasteiger partial charge in [0.25, 0.3) is 5.91 Å². The molecule has 24 heavy (non-hydrogen) atoms. The zero-order valence-electron chi connectivity index (χ0n) is 12.8. The van der Waals surface area contributed by atoms with Gasteiger partial charge in [-0.25, -0.2) is 4.98 Å². The molecule has 0 aliphatic heterocycles. The first-order valence-corrected chi connectivity index (χ1v) is 8.56. The average Bonchev–Trinajstić information content (AvgIpc) is 3.01. The Morgan fingerprint density at radius 1 is 1.29 bits per heavy atom. The normalized spacial score (nSPS) is 10.6. The molecule has 3 aromatic rings. The Morgan fingerprint density at radius 2 is 2.12 bits per heavy atom. The molecule has 2 aromatic heterocycles. The first-order valence-electron chi connectivity index (χ1n) is 7.19. The van der Waals surface area contributed by atoms with Gasteiger partial charge in [0, 0.05) is 18.0 Å². The molecule has 0 aliphatic carbocycles. The standard InChI is InChI=1S/C17H14ClN3O2S/c1-11-9-12(21-23-11)10-24-17-13(5-4-8-19-17)16(22)20-15-7-3-2-6-14(15)18/h2-9H,10H2,1H3,(H,20,22). The van der Waals surface area contributed by atoms with Crippen molar-refractivity contribution in [1.82, 2.24) is 10.1 Å². The summed E-state index contributed by atoms with van der Waals surface area (Å²) in [7, 11) is 0. The van der Waals surface area contributed by atoms with Crippen LogP contribution in [0, 0.1) is 6.92 Å². The van der Waals surface area contributed by atoms with Gasteiger partial charge < -0.3 is 9.84 Å². The van der Waals surface area contributed by atoms with E-state index >= 15 is 0 Å². The van der Waals surface area contributed by atoms with Gasteiger partial charge in [0.1, 0.15) is 10.8 Å². The maximum Gasteiger partial charge on any atom is 0.258 e. The van der Waals surface area contributed by atoms with Gasteiger partial charge in [-0.2, -0.15) is 0 Å². The Balaban J connectivity index is 1.75. The number of aryl methyl sites for hydroxylation is 1. The Labute approximate surface area is 148 Å². The minimum Gasteiger partial charge on any atom is -0.361 e. The van der Waals surface area contributed by atoms with Crippen LogP contribution in [0.3, 0.4) is 0 Å². The topological polar surface area (TPSA) is 68.0 Å². The van der Waals surface area contributed by atoms with Crippen LogP contribution in [0.5, 0.6) is 0 Å². The molecular weight excluding hydrogens is 346 g/mol. The third-order valence-corrected chi connectivity index (χ3v) is 4.54. The number of pyridine rings is 1. The fraction of sp³-hybridized carbons (Fsp3) is 0.118. The second kappa shape index (κ2) is 7.51. The maximum atomic E-state index is 12.5. The Bertz CT molecular complexity index is 866. The predicted octanol–water partition coefficient (Wildman–Crippen LogP) is 4.58. The van der Waals surface area contributed by atoms with Crippen LogP contribution < -0.4 is 5.32 Å². The molecule has 0 atom stereocenters. The molecule has 0 aliphatic rings. The fourth-order valence-electron chi connectivity index (χ4n) is 2.06. The number of anilines is 1. The Kier molecular flexibility index (Phi) is 5.17. The number of benzene rings is 1. The molecule has 0 bridgehead atoms. The van der Waals surface area contributed by atoms with E-state index in [4.69, 9.17) is 16.1 Å². The van der Waals surface area contributed by atoms with E-state index in [-0.39, 0.29) is 5.91 Å². The van der Waals surface area contributed by atoms with Crippen molar-refractivity contribution in [2.45, 2.75) is 17.7 Å². The molecule has 3 rings (SSSR count). The molecular formula is C17H14ClN3O2S. The van der Waals surface area contributed by atoms with Crippen molar-refractivity contribution in [2.24, 2.45) is 0 Å². The van der Waals surface area contributed by atoms with E-state index in [9.17, 15) is 4.79 Å². The maximum absolute atomic E-state index is 12.5. The lowest BCUT2D eigenvalue weighted by atomic mass is 10.2. The quantitative estimate of drug-likeness (QED) is 0.675. The first kappa shape index (κ1) is 16.5. The molecule has 122 valence electrons. The molecule has 0 spiro atoms.